The second kappa shape index (κ2) is 7.20. The molecule has 2 saturated carbocycles. The van der Waals surface area contributed by atoms with Gasteiger partial charge in [0.25, 0.3) is 5.91 Å². The van der Waals surface area contributed by atoms with Crippen LogP contribution in [0.4, 0.5) is 11.4 Å². The number of nitrogens with one attached hydrogen (secondary N) is 1. The van der Waals surface area contributed by atoms with Gasteiger partial charge in [0.15, 0.2) is 0 Å². The first kappa shape index (κ1) is 20.0. The number of hydrogen-bond acceptors (Lipinski definition) is 5. The molecule has 1 heterocycles. The normalized spacial score (nSPS) is 30.7. The average molecular weight is 444 g/mol. The van der Waals surface area contributed by atoms with Crippen LogP contribution in [0.15, 0.2) is 54.6 Å². The molecule has 3 amide bonds. The van der Waals surface area contributed by atoms with Gasteiger partial charge in [-0.15, -0.1) is 0 Å². The lowest BCUT2D eigenvalue weighted by Gasteiger charge is -2.37. The number of hydrogen-bond donors (Lipinski definition) is 1. The molecule has 0 radical (unpaired) electrons. The molecule has 2 aromatic rings. The Balaban J connectivity index is 1.32. The van der Waals surface area contributed by atoms with Crippen molar-refractivity contribution in [2.24, 2.45) is 35.5 Å². The Labute approximate surface area is 191 Å². The Morgan fingerprint density at radius 1 is 0.939 bits per heavy atom. The quantitative estimate of drug-likeness (QED) is 0.564. The van der Waals surface area contributed by atoms with Gasteiger partial charge in [-0.2, -0.15) is 0 Å². The van der Waals surface area contributed by atoms with Crippen LogP contribution in [0, 0.1) is 35.5 Å². The number of carbonyl (C=O) groups excluding carboxylic acids is 3. The van der Waals surface area contributed by atoms with E-state index in [1.165, 1.54) is 12.0 Å². The molecule has 5 aliphatic rings. The molecule has 0 unspecified atom stereocenters. The molecule has 168 valence electrons. The van der Waals surface area contributed by atoms with E-state index >= 15 is 0 Å². The van der Waals surface area contributed by atoms with Gasteiger partial charge in [-0.3, -0.25) is 14.4 Å². The molecule has 7 rings (SSSR count). The maximum Gasteiger partial charge on any atom is 0.257 e. The van der Waals surface area contributed by atoms with Crippen molar-refractivity contribution >= 4 is 29.1 Å². The van der Waals surface area contributed by atoms with Gasteiger partial charge >= 0.3 is 0 Å². The number of ether oxygens (including phenoxy) is 2. The lowest BCUT2D eigenvalue weighted by Crippen LogP contribution is -2.40. The van der Waals surface area contributed by atoms with Crippen LogP contribution in [-0.4, -0.2) is 31.9 Å². The van der Waals surface area contributed by atoms with E-state index in [4.69, 9.17) is 9.47 Å². The van der Waals surface area contributed by atoms with E-state index in [9.17, 15) is 14.4 Å². The Bertz CT molecular complexity index is 1180. The van der Waals surface area contributed by atoms with Gasteiger partial charge in [0.05, 0.1) is 43.0 Å². The first-order chi connectivity index (χ1) is 16.0. The number of imide groups is 1. The van der Waals surface area contributed by atoms with Crippen molar-refractivity contribution < 1.29 is 23.9 Å². The molecule has 33 heavy (non-hydrogen) atoms. The van der Waals surface area contributed by atoms with Crippen LogP contribution in [0.2, 0.25) is 0 Å². The van der Waals surface area contributed by atoms with Gasteiger partial charge in [0, 0.05) is 6.07 Å². The van der Waals surface area contributed by atoms with Gasteiger partial charge in [-0.05, 0) is 54.4 Å². The molecule has 1 saturated heterocycles. The van der Waals surface area contributed by atoms with E-state index in [2.05, 4.69) is 17.5 Å². The summed E-state index contributed by atoms with van der Waals surface area (Å²) in [6.45, 7) is 0. The summed E-state index contributed by atoms with van der Waals surface area (Å²) in [5.74, 6) is 0.958. The number of carbonyl (C=O) groups is 3. The second-order valence-electron chi connectivity index (χ2n) is 9.20. The van der Waals surface area contributed by atoms with Crippen molar-refractivity contribution in [2.45, 2.75) is 6.42 Å². The minimum atomic E-state index is -0.423. The third-order valence-corrected chi connectivity index (χ3v) is 7.71. The number of para-hydroxylation sites is 1. The molecule has 0 spiro atoms. The Kier molecular flexibility index (Phi) is 4.37. The van der Waals surface area contributed by atoms with E-state index < -0.39 is 5.91 Å². The van der Waals surface area contributed by atoms with Crippen LogP contribution in [-0.2, 0) is 9.59 Å². The Morgan fingerprint density at radius 3 is 2.24 bits per heavy atom. The summed E-state index contributed by atoms with van der Waals surface area (Å²) in [4.78, 5) is 41.6. The maximum atomic E-state index is 13.5. The van der Waals surface area contributed by atoms with Crippen molar-refractivity contribution in [3.8, 4) is 11.5 Å². The van der Waals surface area contributed by atoms with E-state index in [1.54, 1.807) is 49.6 Å². The predicted octanol–water partition coefficient (Wildman–Crippen LogP) is 3.51. The fraction of sp³-hybridized carbons (Fsp3) is 0.346. The molecule has 1 aliphatic heterocycles. The summed E-state index contributed by atoms with van der Waals surface area (Å²) in [5, 5.41) is 2.85. The molecule has 4 aliphatic carbocycles. The molecular formula is C26H24N2O5. The zero-order chi connectivity index (χ0) is 22.9. The minimum absolute atomic E-state index is 0.135. The fourth-order valence-corrected chi connectivity index (χ4v) is 6.15. The van der Waals surface area contributed by atoms with Gasteiger partial charge < -0.3 is 14.8 Å². The number of allylic oxidation sites excluding steroid dienone is 2. The third-order valence-electron chi connectivity index (χ3n) is 7.71. The van der Waals surface area contributed by atoms with E-state index in [1.807, 2.05) is 0 Å². The van der Waals surface area contributed by atoms with E-state index in [0.29, 0.717) is 34.7 Å². The van der Waals surface area contributed by atoms with Crippen LogP contribution in [0.25, 0.3) is 0 Å². The Hall–Kier alpha value is -3.61. The molecule has 2 bridgehead atoms. The highest BCUT2D eigenvalue weighted by Crippen LogP contribution is 2.65. The van der Waals surface area contributed by atoms with Crippen molar-refractivity contribution in [3.05, 3.63) is 60.2 Å². The molecule has 7 nitrogen and oxygen atoms in total. The van der Waals surface area contributed by atoms with Crippen LogP contribution in [0.5, 0.6) is 11.5 Å². The fourth-order valence-electron chi connectivity index (χ4n) is 6.15. The summed E-state index contributed by atoms with van der Waals surface area (Å²) in [7, 11) is 3.06. The van der Waals surface area contributed by atoms with Gasteiger partial charge in [-0.25, -0.2) is 4.90 Å². The molecule has 6 atom stereocenters. The minimum Gasteiger partial charge on any atom is -0.497 e. The van der Waals surface area contributed by atoms with Gasteiger partial charge in [-0.1, -0.05) is 24.3 Å². The van der Waals surface area contributed by atoms with Gasteiger partial charge in [0.1, 0.15) is 11.5 Å². The number of nitrogens with zero attached hydrogens (tertiary/aromatic N) is 1. The zero-order valence-corrected chi connectivity index (χ0v) is 18.4. The summed E-state index contributed by atoms with van der Waals surface area (Å²) >= 11 is 0. The SMILES string of the molecule is COc1ccc(NC(=O)c2ccccc2N2C(=O)[C@@H]3[C@@H]4C=C[C@H]([C@H]5C[C@H]45)[C@@H]3C2=O)c(OC)c1. The summed E-state index contributed by atoms with van der Waals surface area (Å²) < 4.78 is 10.6. The van der Waals surface area contributed by atoms with Crippen LogP contribution >= 0.6 is 0 Å². The highest BCUT2D eigenvalue weighted by molar-refractivity contribution is 6.25. The van der Waals surface area contributed by atoms with Crippen LogP contribution in [0.3, 0.4) is 0 Å². The lowest BCUT2D eigenvalue weighted by molar-refractivity contribution is -0.124. The molecule has 7 heteroatoms. The molecule has 3 fully saturated rings. The number of amides is 3. The first-order valence-corrected chi connectivity index (χ1v) is 11.2. The molecule has 0 aromatic heterocycles. The third kappa shape index (κ3) is 2.84. The molecule has 1 N–H and O–H groups in total. The van der Waals surface area contributed by atoms with Crippen LogP contribution < -0.4 is 19.7 Å². The Morgan fingerprint density at radius 2 is 1.61 bits per heavy atom. The predicted molar refractivity (Wildman–Crippen MR) is 121 cm³/mol. The number of methoxy groups -OCH3 is 2. The second-order valence-corrected chi connectivity index (χ2v) is 9.20. The number of rotatable bonds is 5. The summed E-state index contributed by atoms with van der Waals surface area (Å²) in [6.07, 6.45) is 5.39. The van der Waals surface area contributed by atoms with Crippen LogP contribution in [0.1, 0.15) is 16.8 Å². The van der Waals surface area contributed by atoms with Gasteiger partial charge in [0.2, 0.25) is 11.8 Å². The lowest BCUT2D eigenvalue weighted by atomic mass is 9.63. The van der Waals surface area contributed by atoms with E-state index in [0.717, 1.165) is 6.42 Å². The molecule has 2 aromatic carbocycles. The van der Waals surface area contributed by atoms with Crippen molar-refractivity contribution in [3.63, 3.8) is 0 Å². The topological polar surface area (TPSA) is 84.9 Å². The smallest absolute Gasteiger partial charge is 0.257 e. The standard InChI is InChI=1S/C26H24N2O5/c1-32-13-7-10-19(21(11-13)33-2)27-24(29)16-5-3-4-6-20(16)28-25(30)22-14-8-9-15(18-12-17(14)18)23(22)26(28)31/h3-11,14-15,17-18,22-23H,12H2,1-2H3,(H,27,29)/t14-,15-,17-,18-,22-,23+/m1/s1. The maximum absolute atomic E-state index is 13.5. The first-order valence-electron chi connectivity index (χ1n) is 11.2. The number of benzene rings is 2. The summed E-state index contributed by atoms with van der Waals surface area (Å²) in [5.41, 5.74) is 1.06. The van der Waals surface area contributed by atoms with Crippen molar-refractivity contribution in [1.82, 2.24) is 0 Å². The summed E-state index contributed by atoms with van der Waals surface area (Å²) in [6, 6.07) is 11.9. The zero-order valence-electron chi connectivity index (χ0n) is 18.4. The highest BCUT2D eigenvalue weighted by Gasteiger charge is 2.67. The molecular weight excluding hydrogens is 420 g/mol. The highest BCUT2D eigenvalue weighted by atomic mass is 16.5. The number of anilines is 2. The average Bonchev–Trinajstić information content (AvgIpc) is 3.62. The monoisotopic (exact) mass is 444 g/mol. The largest absolute Gasteiger partial charge is 0.497 e. The van der Waals surface area contributed by atoms with Crippen molar-refractivity contribution in [1.29, 1.82) is 0 Å². The van der Waals surface area contributed by atoms with Crippen molar-refractivity contribution in [2.75, 3.05) is 24.4 Å². The van der Waals surface area contributed by atoms with E-state index in [-0.39, 0.29) is 41.0 Å².